The summed E-state index contributed by atoms with van der Waals surface area (Å²) >= 11 is 0. The number of hydrogen-bond donors (Lipinski definition) is 6. The molecule has 6 N–H and O–H groups in total. The first-order valence-electron chi connectivity index (χ1n) is 39.9. The van der Waals surface area contributed by atoms with E-state index in [1.54, 1.807) is 128 Å². The van der Waals surface area contributed by atoms with Crippen molar-refractivity contribution in [3.05, 3.63) is 35.9 Å². The number of hydrogen-bond acceptors (Lipinski definition) is 33. The largest absolute Gasteiger partial charge is 0.460 e. The Morgan fingerprint density at radius 1 is 0.325 bits per heavy atom. The molecule has 0 saturated carbocycles. The van der Waals surface area contributed by atoms with E-state index in [-0.39, 0.29) is 13.2 Å². The average Bonchev–Trinajstić information content (AvgIpc) is 1.64. The van der Waals surface area contributed by atoms with Crippen LogP contribution in [-0.2, 0) is 159 Å². The van der Waals surface area contributed by atoms with Crippen molar-refractivity contribution in [1.29, 1.82) is 0 Å². The van der Waals surface area contributed by atoms with Crippen LogP contribution in [0.2, 0.25) is 0 Å². The molecule has 6 amide bonds. The highest BCUT2D eigenvalue weighted by Crippen LogP contribution is 2.48. The predicted octanol–water partition coefficient (Wildman–Crippen LogP) is 0.881. The molecule has 39 nitrogen and oxygen atoms in total. The van der Waals surface area contributed by atoms with Crippen LogP contribution in [0, 0.1) is 35.5 Å². The monoisotopic (exact) mass is 1670 g/mol. The zero-order valence-corrected chi connectivity index (χ0v) is 70.1. The van der Waals surface area contributed by atoms with Crippen LogP contribution >= 0.6 is 0 Å². The van der Waals surface area contributed by atoms with Crippen LogP contribution in [0.4, 0.5) is 4.79 Å². The first kappa shape index (κ1) is 89.1. The molecule has 12 heterocycles. The minimum Gasteiger partial charge on any atom is -0.460 e. The van der Waals surface area contributed by atoms with Gasteiger partial charge >= 0.3 is 12.1 Å². The van der Waals surface area contributed by atoms with Gasteiger partial charge in [-0.3, -0.25) is 28.8 Å². The highest BCUT2D eigenvalue weighted by molar-refractivity contribution is 5.86. The summed E-state index contributed by atoms with van der Waals surface area (Å²) in [6, 6.07) is 9.01. The fourth-order valence-corrected chi connectivity index (χ4v) is 17.8. The molecule has 30 atom stereocenters. The van der Waals surface area contributed by atoms with Crippen LogP contribution in [0.25, 0.3) is 0 Å². The van der Waals surface area contributed by atoms with E-state index in [9.17, 15) is 9.59 Å². The number of benzene rings is 1. The van der Waals surface area contributed by atoms with Crippen molar-refractivity contribution in [2.45, 2.75) is 298 Å². The summed E-state index contributed by atoms with van der Waals surface area (Å²) < 4.78 is 161. The van der Waals surface area contributed by atoms with E-state index >= 15 is 24.0 Å². The lowest BCUT2D eigenvalue weighted by Crippen LogP contribution is -2.56. The van der Waals surface area contributed by atoms with Crippen LogP contribution in [0.5, 0.6) is 0 Å². The molecule has 39 heteroatoms. The number of nitrogens with one attached hydrogen (secondary N) is 6. The smallest absolute Gasteiger partial charge is 0.407 e. The molecule has 0 aromatic heterocycles. The van der Waals surface area contributed by atoms with Crippen LogP contribution in [0.15, 0.2) is 30.3 Å². The van der Waals surface area contributed by atoms with Gasteiger partial charge in [-0.15, -0.1) is 0 Å². The topological polar surface area (TPSA) is 432 Å². The average molecular weight is 1670 g/mol. The van der Waals surface area contributed by atoms with Gasteiger partial charge in [0, 0.05) is 81.9 Å². The van der Waals surface area contributed by atoms with E-state index in [2.05, 4.69) is 31.9 Å². The quantitative estimate of drug-likeness (QED) is 0.0545. The second-order valence-electron chi connectivity index (χ2n) is 35.0. The lowest BCUT2D eigenvalue weighted by Gasteiger charge is -2.33. The molecule has 117 heavy (non-hydrogen) atoms. The fraction of sp³-hybridized carbons (Fsp3) is 0.833. The Kier molecular flexibility index (Phi) is 26.6. The van der Waals surface area contributed by atoms with Crippen LogP contribution in [-0.4, -0.2) is 311 Å². The number of alkyl carbamates (subject to hydrolysis) is 1. The van der Waals surface area contributed by atoms with Crippen molar-refractivity contribution < 1.29 is 157 Å². The van der Waals surface area contributed by atoms with Crippen molar-refractivity contribution in [2.75, 3.05) is 81.9 Å². The molecule has 12 aliphatic rings. The van der Waals surface area contributed by atoms with Gasteiger partial charge in [-0.25, -0.2) is 4.79 Å². The molecular formula is C78H118N6O33. The van der Waals surface area contributed by atoms with Crippen molar-refractivity contribution in [3.63, 3.8) is 0 Å². The van der Waals surface area contributed by atoms with Crippen LogP contribution in [0.1, 0.15) is 109 Å². The third-order valence-electron chi connectivity index (χ3n) is 22.7. The number of methoxy groups -OCH3 is 6. The molecule has 12 saturated heterocycles. The molecule has 0 aliphatic carbocycles. The van der Waals surface area contributed by atoms with Gasteiger partial charge < -0.3 is 155 Å². The summed E-state index contributed by atoms with van der Waals surface area (Å²) in [5.41, 5.74) is -0.223. The van der Waals surface area contributed by atoms with Gasteiger partial charge in [0.05, 0.1) is 29.6 Å². The van der Waals surface area contributed by atoms with Gasteiger partial charge in [0.1, 0.15) is 128 Å². The van der Waals surface area contributed by atoms with Gasteiger partial charge in [0.2, 0.25) is 29.5 Å². The van der Waals surface area contributed by atoms with Crippen molar-refractivity contribution in [3.8, 4) is 0 Å². The molecule has 1 aromatic rings. The maximum absolute atomic E-state index is 15.8. The number of rotatable bonds is 32. The van der Waals surface area contributed by atoms with Crippen molar-refractivity contribution in [1.82, 2.24) is 31.9 Å². The third-order valence-corrected chi connectivity index (χ3v) is 22.7. The molecule has 0 bridgehead atoms. The lowest BCUT2D eigenvalue weighted by atomic mass is 9.91. The Hall–Kier alpha value is -5.65. The molecule has 1 aromatic carbocycles. The van der Waals surface area contributed by atoms with E-state index in [0.717, 1.165) is 0 Å². The number of fused-ring (bicyclic) bond motifs is 6. The SMILES string of the molecule is CO[C@@H]1[C@H]2OC(C)(C)O[C@H]2O[C@@H]1[C@H](CNC(=O)[C@H](CNC(=O)OC(C)(C)C)[C@H]1O[C@@H]2OC(C)(C)O[C@@H]2[C@H]1OC)C(=O)NC[C@@H](C(=O)NC[C@H](C(=O)NC[C@@H](C(=O)NC[C@H](C(=O)OCc1ccccc1)[C@H]1O[C@@H]2OC(C)(C)O[C@@H]2[C@H]1OC)[C@H]1O[C@@H]2OC(C)(C)O[C@@H]2[C@H]1OC)[C@H]1O[C@@H]2OC(C)(C)O[C@@H]2[C@H]1OC)[C@H]1O[C@@H]2OC(C)(C)O[C@@H]2[C@H]1OC. The normalized spacial score (nSPS) is 38.1. The first-order valence-corrected chi connectivity index (χ1v) is 39.9. The second kappa shape index (κ2) is 34.9. The zero-order chi connectivity index (χ0) is 84.6. The summed E-state index contributed by atoms with van der Waals surface area (Å²) in [4.78, 5) is 106. The van der Waals surface area contributed by atoms with Gasteiger partial charge in [0.15, 0.2) is 72.5 Å². The fourth-order valence-electron chi connectivity index (χ4n) is 17.8. The molecule has 0 unspecified atom stereocenters. The Morgan fingerprint density at radius 2 is 0.538 bits per heavy atom. The summed E-state index contributed by atoms with van der Waals surface area (Å²) in [6.07, 6.45) is -25.2. The molecule has 0 radical (unpaired) electrons. The standard InChI is InChI=1S/C78H118N6O33/c1-72(2,3)117-71(91)84-31-39(45-51(96-20)57-69(103-45)115-77(12,13)109-57)63(89)82-29-37(43-49(94-18)55-67(101-43)113-75(8,9)107-55)61(87)80-27-35(41-47(92-16)53-65(99-41)111-73(4,5)105-53)59(85)79-28-36(42-48(93-17)54-66(100-42)112-74(6,7)106-54)60(86)81-30-38(44-50(95-19)56-68(102-44)114-76(10,11)108-56)62(88)83-32-40(64(90)98-33-34-25-23-22-24-26-34)46-52(97-21)58-70(104-46)116-78(14,15)110-58/h22-26,35-58,65-70H,27-33H2,1-21H3,(H,79,85)(H,80,87)(H,81,86)(H,82,89)(H,83,88)(H,84,91)/t35-,36+,37+,38-,39-,40+,41-,42-,43-,44-,45-,46-,47+,48+,49+,50+,51+,52+,53-,54-,55-,56-,57-,58-,65-,66-,67-,68-,69-,70-/m1/s1. The van der Waals surface area contributed by atoms with Crippen molar-refractivity contribution in [2.24, 2.45) is 35.5 Å². The van der Waals surface area contributed by atoms with Gasteiger partial charge in [-0.1, -0.05) is 30.3 Å². The molecule has 13 rings (SSSR count). The number of ether oxygens (including phenoxy) is 26. The molecule has 0 spiro atoms. The minimum atomic E-state index is -1.45. The van der Waals surface area contributed by atoms with E-state index < -0.39 is 298 Å². The van der Waals surface area contributed by atoms with E-state index in [4.69, 9.17) is 123 Å². The maximum Gasteiger partial charge on any atom is 0.407 e. The summed E-state index contributed by atoms with van der Waals surface area (Å²) in [7, 11) is 8.50. The number of carbonyl (C=O) groups excluding carboxylic acids is 7. The van der Waals surface area contributed by atoms with E-state index in [1.807, 2.05) is 6.07 Å². The Morgan fingerprint density at radius 3 is 0.761 bits per heavy atom. The molecular weight excluding hydrogens is 1550 g/mol. The molecule has 12 fully saturated rings. The first-order chi connectivity index (χ1) is 55.1. The highest BCUT2D eigenvalue weighted by Gasteiger charge is 2.65. The van der Waals surface area contributed by atoms with Crippen LogP contribution in [0.3, 0.4) is 0 Å². The summed E-state index contributed by atoms with van der Waals surface area (Å²) in [5.74, 6) is -19.5. The lowest BCUT2D eigenvalue weighted by molar-refractivity contribution is -0.225. The van der Waals surface area contributed by atoms with Gasteiger partial charge in [-0.05, 0) is 109 Å². The van der Waals surface area contributed by atoms with E-state index in [0.29, 0.717) is 5.56 Å². The molecule has 12 aliphatic heterocycles. The highest BCUT2D eigenvalue weighted by atomic mass is 16.9. The maximum atomic E-state index is 15.8. The third kappa shape index (κ3) is 19.4. The Bertz CT molecular complexity index is 3680. The van der Waals surface area contributed by atoms with Gasteiger partial charge in [-0.2, -0.15) is 0 Å². The second-order valence-corrected chi connectivity index (χ2v) is 35.0. The number of amides is 6. The minimum absolute atomic E-state index is 0.123. The summed E-state index contributed by atoms with van der Waals surface area (Å²) in [6.45, 7) is 22.5. The number of esters is 1. The Balaban J connectivity index is 0.783. The van der Waals surface area contributed by atoms with E-state index in [1.165, 1.54) is 42.7 Å². The molecule has 658 valence electrons. The van der Waals surface area contributed by atoms with Crippen LogP contribution < -0.4 is 31.9 Å². The zero-order valence-electron chi connectivity index (χ0n) is 70.1. The Labute approximate surface area is 679 Å². The van der Waals surface area contributed by atoms with Gasteiger partial charge in [0.25, 0.3) is 0 Å². The summed E-state index contributed by atoms with van der Waals surface area (Å²) in [5, 5.41) is 17.4. The predicted molar refractivity (Wildman–Crippen MR) is 393 cm³/mol. The number of carbonyl (C=O) groups is 7. The van der Waals surface area contributed by atoms with Crippen molar-refractivity contribution >= 4 is 41.6 Å².